The molecule has 1 aliphatic heterocycles. The summed E-state index contributed by atoms with van der Waals surface area (Å²) >= 11 is 3.07. The Balaban J connectivity index is 1.61. The first-order valence-electron chi connectivity index (χ1n) is 7.50. The van der Waals surface area contributed by atoms with Crippen molar-refractivity contribution in [3.8, 4) is 0 Å². The van der Waals surface area contributed by atoms with Gasteiger partial charge in [0, 0.05) is 26.1 Å². The molecule has 9 nitrogen and oxygen atoms in total. The Labute approximate surface area is 142 Å². The molecule has 0 radical (unpaired) electrons. The highest BCUT2D eigenvalue weighted by Crippen LogP contribution is 2.21. The topological polar surface area (TPSA) is 103 Å². The quantitative estimate of drug-likeness (QED) is 0.400. The average molecular weight is 390 g/mol. The summed E-state index contributed by atoms with van der Waals surface area (Å²) in [6.45, 7) is 5.32. The predicted octanol–water partition coefficient (Wildman–Crippen LogP) is 0.782. The first-order valence-corrected chi connectivity index (χ1v) is 8.29. The van der Waals surface area contributed by atoms with E-state index in [-0.39, 0.29) is 18.1 Å². The number of carbonyl (C=O) groups excluding carboxylic acids is 1. The van der Waals surface area contributed by atoms with Crippen molar-refractivity contribution in [2.24, 2.45) is 0 Å². The Hall–Kier alpha value is -1.52. The van der Waals surface area contributed by atoms with Gasteiger partial charge in [-0.2, -0.15) is 4.68 Å². The number of hydrogen-bond acceptors (Lipinski definition) is 6. The molecule has 0 unspecified atom stereocenters. The molecule has 0 spiro atoms. The summed E-state index contributed by atoms with van der Waals surface area (Å²) in [6, 6.07) is 0. The standard InChI is InChI=1S/C13H20BrN5O4/c14-11-10-18(16-13(11)19(21)22)5-2-12(20)15-3-1-4-17-6-8-23-9-7-17/h10H,1-9H2,(H,15,20). The number of nitrogens with one attached hydrogen (secondary N) is 1. The lowest BCUT2D eigenvalue weighted by Crippen LogP contribution is -2.38. The molecular weight excluding hydrogens is 370 g/mol. The largest absolute Gasteiger partial charge is 0.404 e. The number of rotatable bonds is 8. The van der Waals surface area contributed by atoms with E-state index in [1.165, 1.54) is 10.9 Å². The monoisotopic (exact) mass is 389 g/mol. The van der Waals surface area contributed by atoms with Gasteiger partial charge in [0.05, 0.1) is 31.1 Å². The van der Waals surface area contributed by atoms with Crippen LogP contribution in [0, 0.1) is 10.1 Å². The van der Waals surface area contributed by atoms with Crippen molar-refractivity contribution in [1.29, 1.82) is 0 Å². The number of morpholine rings is 1. The fourth-order valence-corrected chi connectivity index (χ4v) is 2.75. The van der Waals surface area contributed by atoms with Crippen LogP contribution in [0.25, 0.3) is 0 Å². The molecule has 0 bridgehead atoms. The molecule has 1 saturated heterocycles. The van der Waals surface area contributed by atoms with Gasteiger partial charge in [-0.15, -0.1) is 0 Å². The molecule has 0 saturated carbocycles. The lowest BCUT2D eigenvalue weighted by atomic mass is 10.3. The summed E-state index contributed by atoms with van der Waals surface area (Å²) in [5.41, 5.74) is 0. The summed E-state index contributed by atoms with van der Waals surface area (Å²) in [5.74, 6) is -0.322. The second-order valence-electron chi connectivity index (χ2n) is 5.23. The lowest BCUT2D eigenvalue weighted by Gasteiger charge is -2.26. The maximum absolute atomic E-state index is 11.8. The number of carbonyl (C=O) groups is 1. The summed E-state index contributed by atoms with van der Waals surface area (Å²) in [4.78, 5) is 24.2. The fourth-order valence-electron chi connectivity index (χ4n) is 2.28. The summed E-state index contributed by atoms with van der Waals surface area (Å²) in [5, 5.41) is 17.4. The van der Waals surface area contributed by atoms with Crippen LogP contribution in [-0.4, -0.2) is 64.9 Å². The highest BCUT2D eigenvalue weighted by molar-refractivity contribution is 9.10. The minimum absolute atomic E-state index is 0.0822. The Morgan fingerprint density at radius 1 is 1.43 bits per heavy atom. The van der Waals surface area contributed by atoms with Crippen LogP contribution in [0.4, 0.5) is 5.82 Å². The maximum Gasteiger partial charge on any atom is 0.404 e. The third-order valence-corrected chi connectivity index (χ3v) is 4.08. The summed E-state index contributed by atoms with van der Waals surface area (Å²) in [6.07, 6.45) is 2.64. The Bertz CT molecular complexity index is 544. The number of hydrogen-bond donors (Lipinski definition) is 1. The van der Waals surface area contributed by atoms with Gasteiger partial charge in [-0.1, -0.05) is 0 Å². The minimum Gasteiger partial charge on any atom is -0.379 e. The Morgan fingerprint density at radius 3 is 2.83 bits per heavy atom. The van der Waals surface area contributed by atoms with Gasteiger partial charge in [0.1, 0.15) is 4.47 Å². The molecule has 1 aromatic rings. The van der Waals surface area contributed by atoms with Crippen LogP contribution in [-0.2, 0) is 16.1 Å². The predicted molar refractivity (Wildman–Crippen MR) is 86.1 cm³/mol. The van der Waals surface area contributed by atoms with Crippen LogP contribution in [0.2, 0.25) is 0 Å². The van der Waals surface area contributed by atoms with Crippen molar-refractivity contribution >= 4 is 27.7 Å². The van der Waals surface area contributed by atoms with E-state index in [0.717, 1.165) is 39.3 Å². The minimum atomic E-state index is -0.563. The van der Waals surface area contributed by atoms with Crippen molar-refractivity contribution in [2.45, 2.75) is 19.4 Å². The molecule has 1 aliphatic rings. The van der Waals surface area contributed by atoms with Gasteiger partial charge in [0.25, 0.3) is 0 Å². The number of aryl methyl sites for hydroxylation is 1. The third-order valence-electron chi connectivity index (χ3n) is 3.52. The lowest BCUT2D eigenvalue weighted by molar-refractivity contribution is -0.390. The first kappa shape index (κ1) is 17.8. The number of aromatic nitrogens is 2. The molecule has 1 N–H and O–H groups in total. The van der Waals surface area contributed by atoms with Gasteiger partial charge in [-0.05, 0) is 33.8 Å². The number of halogens is 1. The molecule has 1 amide bonds. The number of amides is 1. The van der Waals surface area contributed by atoms with Crippen LogP contribution in [0.5, 0.6) is 0 Å². The van der Waals surface area contributed by atoms with Gasteiger partial charge in [-0.3, -0.25) is 9.69 Å². The van der Waals surface area contributed by atoms with Gasteiger partial charge >= 0.3 is 5.82 Å². The van der Waals surface area contributed by atoms with Crippen molar-refractivity contribution in [3.63, 3.8) is 0 Å². The van der Waals surface area contributed by atoms with E-state index in [1.807, 2.05) is 0 Å². The molecular formula is C13H20BrN5O4. The Kier molecular flexibility index (Phi) is 6.93. The van der Waals surface area contributed by atoms with E-state index < -0.39 is 4.92 Å². The van der Waals surface area contributed by atoms with E-state index in [1.54, 1.807) is 0 Å². The van der Waals surface area contributed by atoms with Crippen molar-refractivity contribution in [2.75, 3.05) is 39.4 Å². The zero-order valence-electron chi connectivity index (χ0n) is 12.7. The molecule has 2 heterocycles. The van der Waals surface area contributed by atoms with E-state index in [9.17, 15) is 14.9 Å². The first-order chi connectivity index (χ1) is 11.1. The smallest absolute Gasteiger partial charge is 0.379 e. The zero-order chi connectivity index (χ0) is 16.7. The number of nitrogens with zero attached hydrogens (tertiary/aromatic N) is 4. The third kappa shape index (κ3) is 5.88. The van der Waals surface area contributed by atoms with Gasteiger partial charge in [0.15, 0.2) is 0 Å². The van der Waals surface area contributed by atoms with Gasteiger partial charge < -0.3 is 20.2 Å². The number of ether oxygens (including phenoxy) is 1. The van der Waals surface area contributed by atoms with E-state index >= 15 is 0 Å². The van der Waals surface area contributed by atoms with Crippen LogP contribution in [0.1, 0.15) is 12.8 Å². The van der Waals surface area contributed by atoms with E-state index in [0.29, 0.717) is 17.6 Å². The molecule has 1 fully saturated rings. The molecule has 0 aliphatic carbocycles. The second-order valence-corrected chi connectivity index (χ2v) is 6.08. The second kappa shape index (κ2) is 8.94. The summed E-state index contributed by atoms with van der Waals surface area (Å²) in [7, 11) is 0. The van der Waals surface area contributed by atoms with Crippen molar-refractivity contribution in [1.82, 2.24) is 20.0 Å². The molecule has 0 aromatic carbocycles. The molecule has 23 heavy (non-hydrogen) atoms. The van der Waals surface area contributed by atoms with Crippen LogP contribution in [0.3, 0.4) is 0 Å². The average Bonchev–Trinajstić information content (AvgIpc) is 2.92. The summed E-state index contributed by atoms with van der Waals surface area (Å²) < 4.78 is 6.99. The number of nitro groups is 1. The van der Waals surface area contributed by atoms with Crippen molar-refractivity contribution in [3.05, 3.63) is 20.8 Å². The van der Waals surface area contributed by atoms with Crippen LogP contribution in [0.15, 0.2) is 10.7 Å². The zero-order valence-corrected chi connectivity index (χ0v) is 14.3. The molecule has 1 aromatic heterocycles. The normalized spacial score (nSPS) is 15.5. The maximum atomic E-state index is 11.8. The van der Waals surface area contributed by atoms with Crippen molar-refractivity contribution < 1.29 is 14.5 Å². The fraction of sp³-hybridized carbons (Fsp3) is 0.692. The molecule has 10 heteroatoms. The van der Waals surface area contributed by atoms with Crippen LogP contribution >= 0.6 is 15.9 Å². The van der Waals surface area contributed by atoms with Crippen LogP contribution < -0.4 is 5.32 Å². The van der Waals surface area contributed by atoms with E-state index in [2.05, 4.69) is 31.2 Å². The van der Waals surface area contributed by atoms with Gasteiger partial charge in [-0.25, -0.2) is 0 Å². The molecule has 0 atom stereocenters. The van der Waals surface area contributed by atoms with Gasteiger partial charge in [0.2, 0.25) is 5.91 Å². The SMILES string of the molecule is O=C(CCn1cc(Br)c([N+](=O)[O-])n1)NCCCN1CCOCC1. The highest BCUT2D eigenvalue weighted by atomic mass is 79.9. The Morgan fingerprint density at radius 2 is 2.17 bits per heavy atom. The highest BCUT2D eigenvalue weighted by Gasteiger charge is 2.18. The molecule has 128 valence electrons. The molecule has 2 rings (SSSR count). The van der Waals surface area contributed by atoms with E-state index in [4.69, 9.17) is 4.74 Å².